The predicted molar refractivity (Wildman–Crippen MR) is 77.5 cm³/mol. The molecular formula is C17H16O2. The van der Waals surface area contributed by atoms with E-state index in [1.807, 2.05) is 18.2 Å². The minimum absolute atomic E-state index is 0.600. The van der Waals surface area contributed by atoms with Crippen LogP contribution in [0.15, 0.2) is 42.5 Å². The number of fused-ring (bicyclic) bond motifs is 1. The second-order valence-corrected chi connectivity index (χ2v) is 4.73. The third-order valence-electron chi connectivity index (χ3n) is 3.36. The molecule has 0 amide bonds. The van der Waals surface area contributed by atoms with E-state index < -0.39 is 0 Å². The molecule has 96 valence electrons. The van der Waals surface area contributed by atoms with E-state index in [1.54, 1.807) is 7.11 Å². The monoisotopic (exact) mass is 252 g/mol. The van der Waals surface area contributed by atoms with E-state index in [-0.39, 0.29) is 0 Å². The Morgan fingerprint density at radius 2 is 1.84 bits per heavy atom. The number of methoxy groups -OCH3 is 1. The Balaban J connectivity index is 1.97. The summed E-state index contributed by atoms with van der Waals surface area (Å²) in [5, 5.41) is 0. The smallest absolute Gasteiger partial charge is 0.130 e. The van der Waals surface area contributed by atoms with Gasteiger partial charge in [-0.05, 0) is 36.3 Å². The van der Waals surface area contributed by atoms with Gasteiger partial charge in [0.25, 0.3) is 0 Å². The Hall–Kier alpha value is -2.22. The highest BCUT2D eigenvalue weighted by molar-refractivity contribution is 5.85. The molecule has 1 aliphatic heterocycles. The predicted octanol–water partition coefficient (Wildman–Crippen LogP) is 3.94. The van der Waals surface area contributed by atoms with Crippen LogP contribution in [0, 0.1) is 6.92 Å². The lowest BCUT2D eigenvalue weighted by Gasteiger charge is -2.19. The minimum atomic E-state index is 0.600. The fourth-order valence-electron chi connectivity index (χ4n) is 2.21. The molecule has 0 bridgehead atoms. The minimum Gasteiger partial charge on any atom is -0.497 e. The summed E-state index contributed by atoms with van der Waals surface area (Å²) in [6.45, 7) is 2.69. The van der Waals surface area contributed by atoms with Crippen molar-refractivity contribution in [3.05, 3.63) is 59.2 Å². The van der Waals surface area contributed by atoms with Gasteiger partial charge in [-0.25, -0.2) is 0 Å². The molecule has 0 fully saturated rings. The Morgan fingerprint density at radius 3 is 2.58 bits per heavy atom. The Morgan fingerprint density at radius 1 is 1.05 bits per heavy atom. The molecule has 0 N–H and O–H groups in total. The highest BCUT2D eigenvalue weighted by atomic mass is 16.5. The number of hydrogen-bond donors (Lipinski definition) is 0. The van der Waals surface area contributed by atoms with Crippen LogP contribution < -0.4 is 9.47 Å². The lowest BCUT2D eigenvalue weighted by molar-refractivity contribution is 0.359. The van der Waals surface area contributed by atoms with Crippen LogP contribution in [0.4, 0.5) is 0 Å². The fraction of sp³-hybridized carbons (Fsp3) is 0.176. The molecule has 3 rings (SSSR count). The molecular weight excluding hydrogens is 236 g/mol. The van der Waals surface area contributed by atoms with Gasteiger partial charge in [0.15, 0.2) is 0 Å². The van der Waals surface area contributed by atoms with Crippen molar-refractivity contribution in [2.24, 2.45) is 0 Å². The van der Waals surface area contributed by atoms with E-state index in [9.17, 15) is 0 Å². The van der Waals surface area contributed by atoms with Gasteiger partial charge >= 0.3 is 0 Å². The first-order valence-electron chi connectivity index (χ1n) is 6.35. The van der Waals surface area contributed by atoms with Gasteiger partial charge in [0.05, 0.1) is 7.11 Å². The zero-order valence-electron chi connectivity index (χ0n) is 11.1. The normalized spacial score (nSPS) is 13.3. The van der Waals surface area contributed by atoms with Crippen LogP contribution in [-0.2, 0) is 0 Å². The van der Waals surface area contributed by atoms with Crippen LogP contribution in [0.3, 0.4) is 0 Å². The van der Waals surface area contributed by atoms with Gasteiger partial charge in [-0.1, -0.05) is 29.8 Å². The molecule has 1 heterocycles. The lowest BCUT2D eigenvalue weighted by Crippen LogP contribution is -2.06. The maximum absolute atomic E-state index is 5.81. The highest BCUT2D eigenvalue weighted by Gasteiger charge is 2.13. The zero-order valence-corrected chi connectivity index (χ0v) is 11.1. The van der Waals surface area contributed by atoms with Crippen LogP contribution >= 0.6 is 0 Å². The molecule has 0 saturated heterocycles. The quantitative estimate of drug-likeness (QED) is 0.806. The number of rotatable bonds is 2. The first-order chi connectivity index (χ1) is 9.26. The van der Waals surface area contributed by atoms with E-state index >= 15 is 0 Å². The number of ether oxygens (including phenoxy) is 2. The largest absolute Gasteiger partial charge is 0.497 e. The molecule has 0 radical (unpaired) electrons. The SMILES string of the molecule is COc1ccc2c(c1)OCC(c1ccc(C)cc1)=C2. The average Bonchev–Trinajstić information content (AvgIpc) is 2.47. The second-order valence-electron chi connectivity index (χ2n) is 4.73. The Kier molecular flexibility index (Phi) is 3.00. The van der Waals surface area contributed by atoms with Crippen molar-refractivity contribution in [1.82, 2.24) is 0 Å². The molecule has 0 atom stereocenters. The average molecular weight is 252 g/mol. The third-order valence-corrected chi connectivity index (χ3v) is 3.36. The number of aryl methyl sites for hydroxylation is 1. The molecule has 0 spiro atoms. The summed E-state index contributed by atoms with van der Waals surface area (Å²) in [5.41, 5.74) is 4.79. The molecule has 0 saturated carbocycles. The number of benzene rings is 2. The van der Waals surface area contributed by atoms with Gasteiger partial charge < -0.3 is 9.47 Å². The molecule has 0 aliphatic carbocycles. The van der Waals surface area contributed by atoms with E-state index in [4.69, 9.17) is 9.47 Å². The number of hydrogen-bond acceptors (Lipinski definition) is 2. The van der Waals surface area contributed by atoms with Crippen molar-refractivity contribution in [1.29, 1.82) is 0 Å². The summed E-state index contributed by atoms with van der Waals surface area (Å²) in [4.78, 5) is 0. The molecule has 1 aliphatic rings. The highest BCUT2D eigenvalue weighted by Crippen LogP contribution is 2.33. The Bertz CT molecular complexity index is 624. The van der Waals surface area contributed by atoms with Crippen LogP contribution in [0.2, 0.25) is 0 Å². The van der Waals surface area contributed by atoms with Gasteiger partial charge in [0.1, 0.15) is 18.1 Å². The van der Waals surface area contributed by atoms with Crippen molar-refractivity contribution < 1.29 is 9.47 Å². The summed E-state index contributed by atoms with van der Waals surface area (Å²) in [6.07, 6.45) is 2.18. The summed E-state index contributed by atoms with van der Waals surface area (Å²) in [5.74, 6) is 1.71. The maximum atomic E-state index is 5.81. The lowest BCUT2D eigenvalue weighted by atomic mass is 10.00. The standard InChI is InChI=1S/C17H16O2/c1-12-3-5-13(6-4-12)15-9-14-7-8-16(18-2)10-17(14)19-11-15/h3-10H,11H2,1-2H3. The summed E-state index contributed by atoms with van der Waals surface area (Å²) >= 11 is 0. The van der Waals surface area contributed by atoms with Crippen molar-refractivity contribution in [3.63, 3.8) is 0 Å². The van der Waals surface area contributed by atoms with E-state index in [0.717, 1.165) is 17.1 Å². The van der Waals surface area contributed by atoms with Crippen LogP contribution in [-0.4, -0.2) is 13.7 Å². The molecule has 2 nitrogen and oxygen atoms in total. The third kappa shape index (κ3) is 2.34. The first kappa shape index (κ1) is 11.8. The van der Waals surface area contributed by atoms with Gasteiger partial charge in [0.2, 0.25) is 0 Å². The summed E-state index contributed by atoms with van der Waals surface area (Å²) in [7, 11) is 1.66. The van der Waals surface area contributed by atoms with Crippen molar-refractivity contribution in [2.75, 3.05) is 13.7 Å². The van der Waals surface area contributed by atoms with Crippen molar-refractivity contribution in [3.8, 4) is 11.5 Å². The zero-order chi connectivity index (χ0) is 13.2. The molecule has 2 aromatic carbocycles. The van der Waals surface area contributed by atoms with Gasteiger partial charge in [-0.2, -0.15) is 0 Å². The second kappa shape index (κ2) is 4.81. The van der Waals surface area contributed by atoms with Gasteiger partial charge in [0, 0.05) is 11.6 Å². The molecule has 2 aromatic rings. The van der Waals surface area contributed by atoms with Crippen LogP contribution in [0.1, 0.15) is 16.7 Å². The van der Waals surface area contributed by atoms with Gasteiger partial charge in [-0.15, -0.1) is 0 Å². The van der Waals surface area contributed by atoms with E-state index in [1.165, 1.54) is 16.7 Å². The first-order valence-corrected chi connectivity index (χ1v) is 6.35. The molecule has 2 heteroatoms. The van der Waals surface area contributed by atoms with E-state index in [0.29, 0.717) is 6.61 Å². The van der Waals surface area contributed by atoms with Gasteiger partial charge in [-0.3, -0.25) is 0 Å². The van der Waals surface area contributed by atoms with E-state index in [2.05, 4.69) is 37.3 Å². The summed E-state index contributed by atoms with van der Waals surface area (Å²) < 4.78 is 11.0. The van der Waals surface area contributed by atoms with Crippen molar-refractivity contribution in [2.45, 2.75) is 6.92 Å². The maximum Gasteiger partial charge on any atom is 0.130 e. The van der Waals surface area contributed by atoms with Crippen molar-refractivity contribution >= 4 is 11.6 Å². The molecule has 19 heavy (non-hydrogen) atoms. The van der Waals surface area contributed by atoms with Crippen LogP contribution in [0.5, 0.6) is 11.5 Å². The molecule has 0 aromatic heterocycles. The summed E-state index contributed by atoms with van der Waals surface area (Å²) in [6, 6.07) is 14.4. The topological polar surface area (TPSA) is 18.5 Å². The molecule has 0 unspecified atom stereocenters. The Labute approximate surface area is 113 Å². The van der Waals surface area contributed by atoms with Crippen LogP contribution in [0.25, 0.3) is 11.6 Å². The fourth-order valence-corrected chi connectivity index (χ4v) is 2.21.